The summed E-state index contributed by atoms with van der Waals surface area (Å²) in [6.07, 6.45) is 7.82. The molecule has 0 saturated carbocycles. The van der Waals surface area contributed by atoms with E-state index in [1.807, 2.05) is 24.8 Å². The first-order chi connectivity index (χ1) is 22.8. The molecule has 0 amide bonds. The lowest BCUT2D eigenvalue weighted by Crippen LogP contribution is -2.04. The number of benzene rings is 7. The zero-order valence-corrected chi connectivity index (χ0v) is 24.4. The fourth-order valence-corrected chi connectivity index (χ4v) is 8.30. The van der Waals surface area contributed by atoms with E-state index in [0.717, 1.165) is 44.2 Å². The SMILES string of the molecule is N#Cc1c(-n2c3cccc4c5ccccc5c5cncc2c5c43)cccc1-n1c2cccc3c4ccccc4c4cncc1c4c32. The van der Waals surface area contributed by atoms with E-state index in [2.05, 4.69) is 118 Å². The van der Waals surface area contributed by atoms with Crippen LogP contribution in [0.15, 0.2) is 128 Å². The average molecular weight is 584 g/mol. The Morgan fingerprint density at radius 3 is 1.24 bits per heavy atom. The Kier molecular flexibility index (Phi) is 4.34. The molecular weight excluding hydrogens is 562 g/mol. The van der Waals surface area contributed by atoms with Crippen LogP contribution in [-0.2, 0) is 0 Å². The quantitative estimate of drug-likeness (QED) is 0.190. The second-order valence-corrected chi connectivity index (χ2v) is 12.1. The highest BCUT2D eigenvalue weighted by Gasteiger charge is 2.25. The van der Waals surface area contributed by atoms with E-state index in [9.17, 15) is 5.26 Å². The second-order valence-electron chi connectivity index (χ2n) is 12.1. The van der Waals surface area contributed by atoms with Crippen molar-refractivity contribution in [2.75, 3.05) is 0 Å². The lowest BCUT2D eigenvalue weighted by molar-refractivity contribution is 1.11. The van der Waals surface area contributed by atoms with Gasteiger partial charge in [0.2, 0.25) is 0 Å². The van der Waals surface area contributed by atoms with Crippen molar-refractivity contribution in [3.05, 3.63) is 133 Å². The van der Waals surface area contributed by atoms with Crippen molar-refractivity contribution in [1.82, 2.24) is 19.1 Å². The van der Waals surface area contributed by atoms with Crippen LogP contribution in [0.5, 0.6) is 0 Å². The average Bonchev–Trinajstić information content (AvgIpc) is 3.64. The molecular formula is C41H21N5. The molecule has 0 aliphatic heterocycles. The molecule has 5 nitrogen and oxygen atoms in total. The fraction of sp³-hybridized carbons (Fsp3) is 0. The maximum absolute atomic E-state index is 11.0. The maximum Gasteiger partial charge on any atom is 0.104 e. The molecule has 0 N–H and O–H groups in total. The summed E-state index contributed by atoms with van der Waals surface area (Å²) in [5.74, 6) is 0. The number of rotatable bonds is 2. The van der Waals surface area contributed by atoms with E-state index in [1.165, 1.54) is 53.9 Å². The molecule has 0 atom stereocenters. The molecule has 4 heterocycles. The molecule has 0 aliphatic carbocycles. The van der Waals surface area contributed by atoms with Gasteiger partial charge in [-0.15, -0.1) is 0 Å². The van der Waals surface area contributed by atoms with Gasteiger partial charge < -0.3 is 9.13 Å². The Hall–Kier alpha value is -6.51. The third kappa shape index (κ3) is 2.72. The molecule has 7 aromatic carbocycles. The standard InChI is InChI=1S/C41H21N5/c42-18-29-32(45-34-16-5-12-27-23-8-1-3-10-25(23)30-19-43-21-36(45)40(30)38(27)34)14-7-15-33(29)46-35-17-6-13-28-24-9-2-4-11-26(24)31-20-44-22-37(46)41(31)39(28)35/h1-17,19-22H. The van der Waals surface area contributed by atoms with Crippen molar-refractivity contribution >= 4 is 86.7 Å². The largest absolute Gasteiger partial charge is 0.306 e. The minimum Gasteiger partial charge on any atom is -0.306 e. The van der Waals surface area contributed by atoms with E-state index in [-0.39, 0.29) is 0 Å². The van der Waals surface area contributed by atoms with Crippen LogP contribution < -0.4 is 0 Å². The van der Waals surface area contributed by atoms with Crippen molar-refractivity contribution in [2.24, 2.45) is 0 Å². The fourth-order valence-electron chi connectivity index (χ4n) is 8.30. The lowest BCUT2D eigenvalue weighted by Gasteiger charge is -2.15. The Morgan fingerprint density at radius 1 is 0.391 bits per heavy atom. The van der Waals surface area contributed by atoms with Gasteiger partial charge in [0.15, 0.2) is 0 Å². The topological polar surface area (TPSA) is 59.4 Å². The summed E-state index contributed by atoms with van der Waals surface area (Å²) in [5, 5.41) is 25.2. The molecule has 11 aromatic rings. The predicted octanol–water partition coefficient (Wildman–Crippen LogP) is 10.0. The van der Waals surface area contributed by atoms with Gasteiger partial charge in [-0.1, -0.05) is 78.9 Å². The van der Waals surface area contributed by atoms with Gasteiger partial charge in [-0.2, -0.15) is 5.26 Å². The number of hydrogen-bond acceptors (Lipinski definition) is 3. The van der Waals surface area contributed by atoms with Gasteiger partial charge >= 0.3 is 0 Å². The number of hydrogen-bond donors (Lipinski definition) is 0. The van der Waals surface area contributed by atoms with Gasteiger partial charge in [0, 0.05) is 44.7 Å². The zero-order valence-electron chi connectivity index (χ0n) is 24.4. The monoisotopic (exact) mass is 583 g/mol. The van der Waals surface area contributed by atoms with Crippen LogP contribution in [0.3, 0.4) is 0 Å². The van der Waals surface area contributed by atoms with E-state index < -0.39 is 0 Å². The first-order valence-corrected chi connectivity index (χ1v) is 15.4. The van der Waals surface area contributed by atoms with Crippen LogP contribution in [0.25, 0.3) is 98.1 Å². The first kappa shape index (κ1) is 23.9. The highest BCUT2D eigenvalue weighted by atomic mass is 15.0. The van der Waals surface area contributed by atoms with Gasteiger partial charge in [-0.3, -0.25) is 9.97 Å². The molecule has 0 bridgehead atoms. The molecule has 11 rings (SSSR count). The summed E-state index contributed by atoms with van der Waals surface area (Å²) in [6, 6.07) is 38.9. The van der Waals surface area contributed by atoms with Crippen LogP contribution in [0, 0.1) is 11.3 Å². The number of aromatic nitrogens is 4. The molecule has 46 heavy (non-hydrogen) atoms. The van der Waals surface area contributed by atoms with Gasteiger partial charge in [-0.25, -0.2) is 0 Å². The Balaban J connectivity index is 1.30. The summed E-state index contributed by atoms with van der Waals surface area (Å²) in [4.78, 5) is 9.46. The van der Waals surface area contributed by atoms with Gasteiger partial charge in [0.05, 0.1) is 45.8 Å². The third-order valence-corrected chi connectivity index (χ3v) is 10.0. The van der Waals surface area contributed by atoms with E-state index in [1.54, 1.807) is 0 Å². The number of fused-ring (bicyclic) bond motifs is 6. The molecule has 4 aromatic heterocycles. The summed E-state index contributed by atoms with van der Waals surface area (Å²) in [6.45, 7) is 0. The summed E-state index contributed by atoms with van der Waals surface area (Å²) in [7, 11) is 0. The molecule has 0 aliphatic rings. The Labute approximate surface area is 261 Å². The number of nitriles is 1. The van der Waals surface area contributed by atoms with E-state index in [4.69, 9.17) is 9.97 Å². The van der Waals surface area contributed by atoms with E-state index in [0.29, 0.717) is 5.56 Å². The van der Waals surface area contributed by atoms with Gasteiger partial charge in [-0.05, 0) is 56.6 Å². The van der Waals surface area contributed by atoms with Gasteiger partial charge in [0.1, 0.15) is 11.6 Å². The van der Waals surface area contributed by atoms with Crippen LogP contribution >= 0.6 is 0 Å². The van der Waals surface area contributed by atoms with E-state index >= 15 is 0 Å². The first-order valence-electron chi connectivity index (χ1n) is 15.4. The van der Waals surface area contributed by atoms with Crippen molar-refractivity contribution in [1.29, 1.82) is 5.26 Å². The molecule has 0 unspecified atom stereocenters. The van der Waals surface area contributed by atoms with Crippen molar-refractivity contribution in [3.63, 3.8) is 0 Å². The smallest absolute Gasteiger partial charge is 0.104 e. The summed E-state index contributed by atoms with van der Waals surface area (Å²) in [5.41, 5.74) is 6.36. The molecule has 0 radical (unpaired) electrons. The van der Waals surface area contributed by atoms with Gasteiger partial charge in [0.25, 0.3) is 0 Å². The molecule has 0 saturated heterocycles. The second kappa shape index (κ2) is 8.35. The molecule has 0 fully saturated rings. The highest BCUT2D eigenvalue weighted by Crippen LogP contribution is 2.46. The zero-order chi connectivity index (χ0) is 30.1. The number of nitrogens with zero attached hydrogens (tertiary/aromatic N) is 5. The van der Waals surface area contributed by atoms with Crippen molar-refractivity contribution in [2.45, 2.75) is 0 Å². The minimum atomic E-state index is 0.597. The highest BCUT2D eigenvalue weighted by molar-refractivity contribution is 6.35. The predicted molar refractivity (Wildman–Crippen MR) is 188 cm³/mol. The maximum atomic E-state index is 11.0. The van der Waals surface area contributed by atoms with Crippen LogP contribution in [0.2, 0.25) is 0 Å². The molecule has 0 spiro atoms. The van der Waals surface area contributed by atoms with Crippen LogP contribution in [0.1, 0.15) is 5.56 Å². The van der Waals surface area contributed by atoms with Crippen molar-refractivity contribution < 1.29 is 0 Å². The van der Waals surface area contributed by atoms with Crippen molar-refractivity contribution in [3.8, 4) is 17.4 Å². The summed E-state index contributed by atoms with van der Waals surface area (Å²) >= 11 is 0. The molecule has 5 heteroatoms. The lowest BCUT2D eigenvalue weighted by atomic mass is 9.96. The Morgan fingerprint density at radius 2 is 0.783 bits per heavy atom. The molecule has 210 valence electrons. The van der Waals surface area contributed by atoms with Crippen LogP contribution in [0.4, 0.5) is 0 Å². The normalized spacial score (nSPS) is 12.3. The van der Waals surface area contributed by atoms with Crippen LogP contribution in [-0.4, -0.2) is 19.1 Å². The minimum absolute atomic E-state index is 0.597. The number of pyridine rings is 2. The Bertz CT molecular complexity index is 2720. The third-order valence-electron chi connectivity index (χ3n) is 10.0. The summed E-state index contributed by atoms with van der Waals surface area (Å²) < 4.78 is 4.46.